The fourth-order valence-electron chi connectivity index (χ4n) is 3.28. The van der Waals surface area contributed by atoms with E-state index in [0.29, 0.717) is 24.3 Å². The summed E-state index contributed by atoms with van der Waals surface area (Å²) in [5.74, 6) is 1.24. The molecule has 0 aliphatic rings. The van der Waals surface area contributed by atoms with Gasteiger partial charge in [-0.25, -0.2) is 0 Å². The van der Waals surface area contributed by atoms with Gasteiger partial charge < -0.3 is 20.1 Å². The Morgan fingerprint density at radius 1 is 0.694 bits per heavy atom. The maximum atomic E-state index is 9.65. The summed E-state index contributed by atoms with van der Waals surface area (Å²) in [5.41, 5.74) is 5.89. The zero-order chi connectivity index (χ0) is 26.9. The van der Waals surface area contributed by atoms with Crippen LogP contribution in [0.15, 0.2) is 89.1 Å². The molecule has 0 atom stereocenters. The first kappa shape index (κ1) is 30.6. The quantitative estimate of drug-likeness (QED) is 0.274. The first-order valence-electron chi connectivity index (χ1n) is 12.6. The highest BCUT2D eigenvalue weighted by Gasteiger charge is 2.04. The minimum absolute atomic E-state index is 0.156. The largest absolute Gasteiger partial charge is 0.508 e. The Bertz CT molecular complexity index is 1030. The van der Waals surface area contributed by atoms with Crippen LogP contribution >= 0.6 is 0 Å². The first-order chi connectivity index (χ1) is 17.1. The van der Waals surface area contributed by atoms with E-state index in [1.54, 1.807) is 36.4 Å². The summed E-state index contributed by atoms with van der Waals surface area (Å²) in [6.45, 7) is 13.2. The molecule has 0 saturated carbocycles. The van der Waals surface area contributed by atoms with Crippen LogP contribution in [0.5, 0.6) is 23.0 Å². The average Bonchev–Trinajstić information content (AvgIpc) is 2.79. The van der Waals surface area contributed by atoms with Gasteiger partial charge in [0.25, 0.3) is 0 Å². The molecular formula is C32H44O4. The van der Waals surface area contributed by atoms with Crippen LogP contribution in [0.4, 0.5) is 0 Å². The van der Waals surface area contributed by atoms with Crippen molar-refractivity contribution in [3.8, 4) is 23.0 Å². The van der Waals surface area contributed by atoms with Crippen molar-refractivity contribution in [2.24, 2.45) is 0 Å². The van der Waals surface area contributed by atoms with Crippen LogP contribution in [0.25, 0.3) is 0 Å². The van der Waals surface area contributed by atoms with Crippen molar-refractivity contribution in [2.75, 3.05) is 6.61 Å². The Morgan fingerprint density at radius 2 is 1.22 bits per heavy atom. The van der Waals surface area contributed by atoms with Crippen molar-refractivity contribution in [3.05, 3.63) is 94.6 Å². The molecule has 0 radical (unpaired) electrons. The van der Waals surface area contributed by atoms with E-state index in [4.69, 9.17) is 4.74 Å². The third-order valence-corrected chi connectivity index (χ3v) is 5.46. The van der Waals surface area contributed by atoms with Gasteiger partial charge in [-0.15, -0.1) is 0 Å². The molecule has 2 aromatic rings. The van der Waals surface area contributed by atoms with E-state index >= 15 is 0 Å². The van der Waals surface area contributed by atoms with Gasteiger partial charge in [0.15, 0.2) is 0 Å². The molecule has 196 valence electrons. The van der Waals surface area contributed by atoms with Crippen LogP contribution in [0, 0.1) is 0 Å². The van der Waals surface area contributed by atoms with Gasteiger partial charge in [0.2, 0.25) is 0 Å². The third kappa shape index (κ3) is 14.1. The molecule has 4 nitrogen and oxygen atoms in total. The molecule has 0 heterocycles. The molecule has 0 spiro atoms. The highest BCUT2D eigenvalue weighted by molar-refractivity contribution is 5.44. The summed E-state index contributed by atoms with van der Waals surface area (Å²) in [6.07, 6.45) is 13.4. The molecule has 0 saturated heterocycles. The van der Waals surface area contributed by atoms with Crippen molar-refractivity contribution in [1.82, 2.24) is 0 Å². The number of hydrogen-bond donors (Lipinski definition) is 3. The lowest BCUT2D eigenvalue weighted by Gasteiger charge is -2.05. The first-order valence-corrected chi connectivity index (χ1v) is 12.6. The standard InChI is InChI=1S/2C16H22O2/c1-13(2)6-4-7-14(3)10-11-18-16-9-5-8-15(17)12-16;1-12(2)6-4-7-13(3)10-11-14-15(17)8-5-9-16(14)18/h5-6,8-10,12,17H,4,7,11H2,1-3H3;5-6,8-10,17-18H,4,7,11H2,1-3H3. The van der Waals surface area contributed by atoms with Crippen LogP contribution in [0.2, 0.25) is 0 Å². The number of benzene rings is 2. The number of phenolic OH excluding ortho intramolecular Hbond substituents is 3. The lowest BCUT2D eigenvalue weighted by atomic mass is 10.0. The van der Waals surface area contributed by atoms with Gasteiger partial charge in [-0.05, 0) is 104 Å². The van der Waals surface area contributed by atoms with Gasteiger partial charge in [0.05, 0.1) is 0 Å². The molecule has 2 rings (SSSR count). The molecule has 0 amide bonds. The molecule has 0 aromatic heterocycles. The van der Waals surface area contributed by atoms with E-state index < -0.39 is 0 Å². The Balaban J connectivity index is 0.000000360. The molecule has 36 heavy (non-hydrogen) atoms. The molecule has 0 fully saturated rings. The summed E-state index contributed by atoms with van der Waals surface area (Å²) in [6, 6.07) is 11.7. The summed E-state index contributed by atoms with van der Waals surface area (Å²) in [7, 11) is 0. The van der Waals surface area contributed by atoms with E-state index in [1.165, 1.54) is 22.3 Å². The average molecular weight is 493 g/mol. The van der Waals surface area contributed by atoms with Crippen LogP contribution in [-0.2, 0) is 6.42 Å². The maximum Gasteiger partial charge on any atom is 0.123 e. The second-order valence-electron chi connectivity index (χ2n) is 9.53. The Morgan fingerprint density at radius 3 is 1.75 bits per heavy atom. The van der Waals surface area contributed by atoms with E-state index in [2.05, 4.69) is 65.8 Å². The fraction of sp³-hybridized carbons (Fsp3) is 0.375. The third-order valence-electron chi connectivity index (χ3n) is 5.46. The maximum absolute atomic E-state index is 9.65. The van der Waals surface area contributed by atoms with E-state index in [-0.39, 0.29) is 17.2 Å². The van der Waals surface area contributed by atoms with E-state index in [1.807, 2.05) is 6.07 Å². The lowest BCUT2D eigenvalue weighted by molar-refractivity contribution is 0.358. The monoisotopic (exact) mass is 492 g/mol. The van der Waals surface area contributed by atoms with Gasteiger partial charge in [0.1, 0.15) is 29.6 Å². The highest BCUT2D eigenvalue weighted by atomic mass is 16.5. The summed E-state index contributed by atoms with van der Waals surface area (Å²) < 4.78 is 5.53. The molecular weight excluding hydrogens is 448 g/mol. The van der Waals surface area contributed by atoms with Gasteiger partial charge >= 0.3 is 0 Å². The molecule has 0 unspecified atom stereocenters. The Kier molecular flexibility index (Phi) is 14.5. The molecule has 0 aliphatic heterocycles. The van der Waals surface area contributed by atoms with Gasteiger partial charge in [0, 0.05) is 11.6 Å². The summed E-state index contributed by atoms with van der Waals surface area (Å²) in [4.78, 5) is 0. The van der Waals surface area contributed by atoms with Gasteiger partial charge in [-0.3, -0.25) is 0 Å². The van der Waals surface area contributed by atoms with Gasteiger partial charge in [-0.2, -0.15) is 0 Å². The van der Waals surface area contributed by atoms with Crippen LogP contribution in [0.1, 0.15) is 72.8 Å². The fourth-order valence-corrected chi connectivity index (χ4v) is 3.28. The van der Waals surface area contributed by atoms with Crippen molar-refractivity contribution >= 4 is 0 Å². The minimum atomic E-state index is 0.156. The zero-order valence-electron chi connectivity index (χ0n) is 22.8. The van der Waals surface area contributed by atoms with Gasteiger partial charge in [-0.1, -0.05) is 52.7 Å². The smallest absolute Gasteiger partial charge is 0.123 e. The Hall–Kier alpha value is -3.40. The predicted molar refractivity (Wildman–Crippen MR) is 152 cm³/mol. The van der Waals surface area contributed by atoms with Crippen LogP contribution < -0.4 is 4.74 Å². The van der Waals surface area contributed by atoms with Crippen molar-refractivity contribution in [2.45, 2.75) is 73.6 Å². The number of aromatic hydroxyl groups is 3. The van der Waals surface area contributed by atoms with E-state index in [9.17, 15) is 15.3 Å². The lowest BCUT2D eigenvalue weighted by Crippen LogP contribution is -1.94. The minimum Gasteiger partial charge on any atom is -0.508 e. The van der Waals surface area contributed by atoms with Crippen molar-refractivity contribution in [3.63, 3.8) is 0 Å². The second-order valence-corrected chi connectivity index (χ2v) is 9.53. The number of allylic oxidation sites excluding steroid dienone is 7. The number of hydrogen-bond acceptors (Lipinski definition) is 4. The summed E-state index contributed by atoms with van der Waals surface area (Å²) >= 11 is 0. The predicted octanol–water partition coefficient (Wildman–Crippen LogP) is 8.80. The molecule has 2 aromatic carbocycles. The Labute approximate surface area is 218 Å². The topological polar surface area (TPSA) is 69.9 Å². The molecule has 3 N–H and O–H groups in total. The highest BCUT2D eigenvalue weighted by Crippen LogP contribution is 2.27. The van der Waals surface area contributed by atoms with E-state index in [0.717, 1.165) is 25.7 Å². The SMILES string of the molecule is CC(C)=CCCC(C)=CCOc1cccc(O)c1.CC(C)=CCCC(C)=CCc1c(O)cccc1O. The molecule has 4 heteroatoms. The second kappa shape index (κ2) is 17.1. The number of rotatable bonds is 11. The summed E-state index contributed by atoms with van der Waals surface area (Å²) in [5, 5.41) is 28.6. The number of ether oxygens (including phenoxy) is 1. The molecule has 0 aliphatic carbocycles. The molecule has 0 bridgehead atoms. The normalized spacial score (nSPS) is 11.3. The van der Waals surface area contributed by atoms with Crippen molar-refractivity contribution < 1.29 is 20.1 Å². The zero-order valence-corrected chi connectivity index (χ0v) is 22.8. The van der Waals surface area contributed by atoms with Crippen LogP contribution in [0.3, 0.4) is 0 Å². The van der Waals surface area contributed by atoms with Crippen molar-refractivity contribution in [1.29, 1.82) is 0 Å². The van der Waals surface area contributed by atoms with Crippen LogP contribution in [-0.4, -0.2) is 21.9 Å². The number of phenols is 3.